The van der Waals surface area contributed by atoms with Gasteiger partial charge in [-0.3, -0.25) is 0 Å². The van der Waals surface area contributed by atoms with Gasteiger partial charge >= 0.3 is 0 Å². The van der Waals surface area contributed by atoms with Crippen LogP contribution in [0.5, 0.6) is 0 Å². The van der Waals surface area contributed by atoms with E-state index in [-0.39, 0.29) is 0 Å². The first-order valence-electron chi connectivity index (χ1n) is 7.86. The molecule has 0 spiro atoms. The van der Waals surface area contributed by atoms with Gasteiger partial charge < -0.3 is 0 Å². The Bertz CT molecular complexity index is 256. The highest BCUT2D eigenvalue weighted by molar-refractivity contribution is 5.02. The molecule has 3 atom stereocenters. The lowest BCUT2D eigenvalue weighted by molar-refractivity contribution is -0.116. The van der Waals surface area contributed by atoms with Crippen LogP contribution in [0.1, 0.15) is 82.6 Å². The van der Waals surface area contributed by atoms with Gasteiger partial charge in [-0.15, -0.1) is 0 Å². The van der Waals surface area contributed by atoms with Crippen LogP contribution in [0.3, 0.4) is 0 Å². The third-order valence-corrected chi connectivity index (χ3v) is 6.70. The zero-order valence-electron chi connectivity index (χ0n) is 14.9. The lowest BCUT2D eigenvalue weighted by atomic mass is 9.45. The summed E-state index contributed by atoms with van der Waals surface area (Å²) < 4.78 is 0. The van der Waals surface area contributed by atoms with Gasteiger partial charge in [-0.25, -0.2) is 0 Å². The second-order valence-electron chi connectivity index (χ2n) is 8.41. The fraction of sp³-hybridized carbons (Fsp3) is 1.00. The molecule has 0 fully saturated rings. The van der Waals surface area contributed by atoms with Crippen LogP contribution in [0.25, 0.3) is 0 Å². The molecule has 0 aromatic heterocycles. The standard InChI is InChI=1S/C18H38/c1-12-17(10,16(7,8)9)18(11,14(4)5)15(6)13(2)3/h13-15H,12H2,1-11H3. The van der Waals surface area contributed by atoms with Crippen LogP contribution in [0.15, 0.2) is 0 Å². The molecule has 0 bridgehead atoms. The van der Waals surface area contributed by atoms with Crippen molar-refractivity contribution in [1.82, 2.24) is 0 Å². The second kappa shape index (κ2) is 5.55. The van der Waals surface area contributed by atoms with Crippen molar-refractivity contribution in [2.75, 3.05) is 0 Å². The average Bonchev–Trinajstić information content (AvgIpc) is 2.23. The smallest absolute Gasteiger partial charge is 0.0216 e. The van der Waals surface area contributed by atoms with Gasteiger partial charge in [-0.1, -0.05) is 76.2 Å². The minimum absolute atomic E-state index is 0.337. The van der Waals surface area contributed by atoms with Crippen LogP contribution in [0.2, 0.25) is 0 Å². The molecule has 0 radical (unpaired) electrons. The molecule has 0 aliphatic heterocycles. The first-order chi connectivity index (χ1) is 7.86. The Labute approximate surface area is 117 Å². The van der Waals surface area contributed by atoms with Crippen LogP contribution in [0.4, 0.5) is 0 Å². The number of rotatable bonds is 5. The van der Waals surface area contributed by atoms with E-state index in [0.717, 1.165) is 11.8 Å². The molecule has 0 heterocycles. The van der Waals surface area contributed by atoms with E-state index in [2.05, 4.69) is 76.2 Å². The van der Waals surface area contributed by atoms with E-state index < -0.39 is 0 Å². The molecule has 110 valence electrons. The van der Waals surface area contributed by atoms with E-state index in [9.17, 15) is 0 Å². The van der Waals surface area contributed by atoms with Crippen molar-refractivity contribution in [2.24, 2.45) is 34.0 Å². The molecule has 0 saturated heterocycles. The van der Waals surface area contributed by atoms with Gasteiger partial charge in [0.2, 0.25) is 0 Å². The summed E-state index contributed by atoms with van der Waals surface area (Å²) in [5, 5.41) is 0. The Morgan fingerprint density at radius 1 is 0.778 bits per heavy atom. The van der Waals surface area contributed by atoms with Crippen LogP contribution < -0.4 is 0 Å². The first kappa shape index (κ1) is 18.0. The van der Waals surface area contributed by atoms with Gasteiger partial charge in [0.15, 0.2) is 0 Å². The summed E-state index contributed by atoms with van der Waals surface area (Å²) in [5.74, 6) is 2.19. The van der Waals surface area contributed by atoms with Crippen molar-refractivity contribution < 1.29 is 0 Å². The van der Waals surface area contributed by atoms with Crippen molar-refractivity contribution in [3.8, 4) is 0 Å². The molecule has 0 amide bonds. The van der Waals surface area contributed by atoms with Crippen molar-refractivity contribution in [2.45, 2.75) is 82.6 Å². The van der Waals surface area contributed by atoms with Crippen LogP contribution in [-0.4, -0.2) is 0 Å². The van der Waals surface area contributed by atoms with Gasteiger partial charge in [0.25, 0.3) is 0 Å². The highest BCUT2D eigenvalue weighted by atomic mass is 14.6. The van der Waals surface area contributed by atoms with Crippen molar-refractivity contribution >= 4 is 0 Å². The Morgan fingerprint density at radius 3 is 1.33 bits per heavy atom. The Hall–Kier alpha value is 0. The van der Waals surface area contributed by atoms with Crippen molar-refractivity contribution in [1.29, 1.82) is 0 Å². The third-order valence-electron chi connectivity index (χ3n) is 6.70. The maximum atomic E-state index is 2.54. The van der Waals surface area contributed by atoms with Crippen LogP contribution in [-0.2, 0) is 0 Å². The Balaban J connectivity index is 5.87. The number of hydrogen-bond donors (Lipinski definition) is 0. The lowest BCUT2D eigenvalue weighted by Crippen LogP contribution is -2.53. The lowest BCUT2D eigenvalue weighted by Gasteiger charge is -2.60. The van der Waals surface area contributed by atoms with E-state index in [4.69, 9.17) is 0 Å². The summed E-state index contributed by atoms with van der Waals surface area (Å²) in [6, 6.07) is 0. The summed E-state index contributed by atoms with van der Waals surface area (Å²) in [6.45, 7) is 26.7. The Kier molecular flexibility index (Phi) is 5.55. The molecule has 0 aliphatic carbocycles. The van der Waals surface area contributed by atoms with E-state index in [1.807, 2.05) is 0 Å². The summed E-state index contributed by atoms with van der Waals surface area (Å²) in [5.41, 5.74) is 1.07. The highest BCUT2D eigenvalue weighted by Crippen LogP contribution is 2.61. The molecule has 0 N–H and O–H groups in total. The van der Waals surface area contributed by atoms with Gasteiger partial charge in [0.1, 0.15) is 0 Å². The SMILES string of the molecule is CCC(C)(C(C)(C)C)C(C)(C(C)C)C(C)C(C)C. The maximum absolute atomic E-state index is 2.54. The fourth-order valence-corrected chi connectivity index (χ4v) is 4.08. The van der Waals surface area contributed by atoms with E-state index in [1.54, 1.807) is 0 Å². The van der Waals surface area contributed by atoms with Crippen LogP contribution >= 0.6 is 0 Å². The van der Waals surface area contributed by atoms with Crippen molar-refractivity contribution in [3.05, 3.63) is 0 Å². The zero-order chi connectivity index (χ0) is 14.9. The van der Waals surface area contributed by atoms with E-state index in [1.165, 1.54) is 6.42 Å². The molecule has 0 aliphatic rings. The third kappa shape index (κ3) is 2.63. The fourth-order valence-electron chi connectivity index (χ4n) is 4.08. The molecule has 0 rings (SSSR count). The molecule has 0 nitrogen and oxygen atoms in total. The molecule has 0 aromatic rings. The predicted octanol–water partition coefficient (Wildman–Crippen LogP) is 6.40. The minimum atomic E-state index is 0.337. The van der Waals surface area contributed by atoms with Gasteiger partial charge in [-0.05, 0) is 40.4 Å². The second-order valence-corrected chi connectivity index (χ2v) is 8.41. The van der Waals surface area contributed by atoms with Gasteiger partial charge in [0, 0.05) is 0 Å². The summed E-state index contributed by atoms with van der Waals surface area (Å²) in [4.78, 5) is 0. The molecule has 0 aromatic carbocycles. The molecule has 0 heteroatoms. The zero-order valence-corrected chi connectivity index (χ0v) is 14.9. The molecular weight excluding hydrogens is 216 g/mol. The maximum Gasteiger partial charge on any atom is -0.0216 e. The molecule has 0 saturated carbocycles. The molecular formula is C18H38. The monoisotopic (exact) mass is 254 g/mol. The number of hydrogen-bond acceptors (Lipinski definition) is 0. The quantitative estimate of drug-likeness (QED) is 0.532. The normalized spacial score (nSPS) is 21.8. The predicted molar refractivity (Wildman–Crippen MR) is 84.8 cm³/mol. The van der Waals surface area contributed by atoms with Crippen LogP contribution in [0, 0.1) is 34.0 Å². The van der Waals surface area contributed by atoms with E-state index in [0.29, 0.717) is 22.2 Å². The summed E-state index contributed by atoms with van der Waals surface area (Å²) in [7, 11) is 0. The minimum Gasteiger partial charge on any atom is -0.0648 e. The highest BCUT2D eigenvalue weighted by Gasteiger charge is 2.54. The van der Waals surface area contributed by atoms with Crippen molar-refractivity contribution in [3.63, 3.8) is 0 Å². The summed E-state index contributed by atoms with van der Waals surface area (Å²) >= 11 is 0. The first-order valence-corrected chi connectivity index (χ1v) is 7.86. The average molecular weight is 255 g/mol. The van der Waals surface area contributed by atoms with Gasteiger partial charge in [-0.2, -0.15) is 0 Å². The molecule has 18 heavy (non-hydrogen) atoms. The summed E-state index contributed by atoms with van der Waals surface area (Å²) in [6.07, 6.45) is 1.25. The Morgan fingerprint density at radius 2 is 1.17 bits per heavy atom. The largest absolute Gasteiger partial charge is 0.0648 e. The topological polar surface area (TPSA) is 0 Å². The molecule has 3 unspecified atom stereocenters. The van der Waals surface area contributed by atoms with Gasteiger partial charge in [0.05, 0.1) is 0 Å². The van der Waals surface area contributed by atoms with E-state index >= 15 is 0 Å².